The van der Waals surface area contributed by atoms with Crippen LogP contribution in [0.25, 0.3) is 10.9 Å². The Balaban J connectivity index is 1.57. The van der Waals surface area contributed by atoms with E-state index in [0.717, 1.165) is 5.56 Å². The number of hydrogen-bond acceptors (Lipinski definition) is 5. The van der Waals surface area contributed by atoms with Gasteiger partial charge in [0.2, 0.25) is 10.0 Å². The zero-order chi connectivity index (χ0) is 19.0. The van der Waals surface area contributed by atoms with Crippen LogP contribution in [0.1, 0.15) is 24.9 Å². The highest BCUT2D eigenvalue weighted by molar-refractivity contribution is 7.93. The Morgan fingerprint density at radius 3 is 2.63 bits per heavy atom. The standard InChI is InChI=1S/C19H19FN4O2S/c1-13(23-19-16-4-2-5-17(20)18(16)21-12-22-19)14-6-8-15(9-7-14)24-10-3-11-27(24,25)26/h2,4-9,12-13H,3,10-11H2,1H3,(H,21,22,23)/t13-/m1/s1. The molecule has 0 bridgehead atoms. The number of halogens is 1. The van der Waals surface area contributed by atoms with Crippen LogP contribution in [0.15, 0.2) is 48.8 Å². The monoisotopic (exact) mass is 386 g/mol. The lowest BCUT2D eigenvalue weighted by Crippen LogP contribution is -2.25. The van der Waals surface area contributed by atoms with Gasteiger partial charge < -0.3 is 5.32 Å². The molecule has 6 nitrogen and oxygen atoms in total. The lowest BCUT2D eigenvalue weighted by Gasteiger charge is -2.19. The lowest BCUT2D eigenvalue weighted by molar-refractivity contribution is 0.599. The van der Waals surface area contributed by atoms with Crippen LogP contribution in [0.5, 0.6) is 0 Å². The van der Waals surface area contributed by atoms with E-state index >= 15 is 0 Å². The Labute approximate surface area is 157 Å². The Kier molecular flexibility index (Phi) is 4.43. The van der Waals surface area contributed by atoms with Gasteiger partial charge in [0.05, 0.1) is 11.4 Å². The molecule has 2 heterocycles. The van der Waals surface area contributed by atoms with Crippen molar-refractivity contribution in [2.24, 2.45) is 0 Å². The van der Waals surface area contributed by atoms with Crippen LogP contribution < -0.4 is 9.62 Å². The topological polar surface area (TPSA) is 75.2 Å². The van der Waals surface area contributed by atoms with Gasteiger partial charge in [-0.1, -0.05) is 18.2 Å². The highest BCUT2D eigenvalue weighted by atomic mass is 32.2. The Hall–Kier alpha value is -2.74. The first kappa shape index (κ1) is 17.7. The van der Waals surface area contributed by atoms with Gasteiger partial charge in [0.1, 0.15) is 23.5 Å². The van der Waals surface area contributed by atoms with Crippen molar-refractivity contribution in [3.63, 3.8) is 0 Å². The third-order valence-corrected chi connectivity index (χ3v) is 6.62. The molecule has 3 aromatic rings. The summed E-state index contributed by atoms with van der Waals surface area (Å²) in [5.41, 5.74) is 1.92. The molecule has 0 radical (unpaired) electrons. The van der Waals surface area contributed by atoms with E-state index in [9.17, 15) is 12.8 Å². The molecule has 1 saturated heterocycles. The maximum atomic E-state index is 13.9. The van der Waals surface area contributed by atoms with Crippen molar-refractivity contribution in [2.75, 3.05) is 21.9 Å². The van der Waals surface area contributed by atoms with Crippen molar-refractivity contribution in [1.82, 2.24) is 9.97 Å². The quantitative estimate of drug-likeness (QED) is 0.743. The molecule has 1 aliphatic heterocycles. The number of nitrogens with one attached hydrogen (secondary N) is 1. The molecule has 8 heteroatoms. The summed E-state index contributed by atoms with van der Waals surface area (Å²) in [4.78, 5) is 8.24. The first-order valence-corrected chi connectivity index (χ1v) is 10.3. The second kappa shape index (κ2) is 6.77. The zero-order valence-electron chi connectivity index (χ0n) is 14.8. The zero-order valence-corrected chi connectivity index (χ0v) is 15.6. The molecule has 1 aromatic heterocycles. The van der Waals surface area contributed by atoms with E-state index in [1.807, 2.05) is 31.2 Å². The molecule has 1 atom stereocenters. The minimum atomic E-state index is -3.18. The van der Waals surface area contributed by atoms with Crippen LogP contribution in [0.3, 0.4) is 0 Å². The van der Waals surface area contributed by atoms with E-state index < -0.39 is 10.0 Å². The number of anilines is 2. The molecule has 4 rings (SSSR count). The smallest absolute Gasteiger partial charge is 0.235 e. The summed E-state index contributed by atoms with van der Waals surface area (Å²) in [7, 11) is -3.18. The van der Waals surface area contributed by atoms with Crippen molar-refractivity contribution in [1.29, 1.82) is 0 Å². The van der Waals surface area contributed by atoms with Gasteiger partial charge in [-0.05, 0) is 43.2 Å². The van der Waals surface area contributed by atoms with Crippen molar-refractivity contribution in [2.45, 2.75) is 19.4 Å². The second-order valence-corrected chi connectivity index (χ2v) is 8.57. The van der Waals surface area contributed by atoms with Gasteiger partial charge in [0.15, 0.2) is 0 Å². The first-order chi connectivity index (χ1) is 13.0. The SMILES string of the molecule is C[C@@H](Nc1ncnc2c(F)cccc12)c1ccc(N2CCCS2(=O)=O)cc1. The van der Waals surface area contributed by atoms with E-state index in [-0.39, 0.29) is 23.1 Å². The summed E-state index contributed by atoms with van der Waals surface area (Å²) in [6, 6.07) is 12.1. The fraction of sp³-hybridized carbons (Fsp3) is 0.263. The van der Waals surface area contributed by atoms with E-state index in [1.165, 1.54) is 16.7 Å². The van der Waals surface area contributed by atoms with Crippen LogP contribution in [0, 0.1) is 5.82 Å². The molecule has 0 unspecified atom stereocenters. The van der Waals surface area contributed by atoms with Crippen LogP contribution in [0.4, 0.5) is 15.9 Å². The minimum Gasteiger partial charge on any atom is -0.363 e. The third-order valence-electron chi connectivity index (χ3n) is 4.75. The molecule has 1 N–H and O–H groups in total. The van der Waals surface area contributed by atoms with Gasteiger partial charge >= 0.3 is 0 Å². The molecule has 0 spiro atoms. The number of hydrogen-bond donors (Lipinski definition) is 1. The van der Waals surface area contributed by atoms with Crippen LogP contribution in [-0.4, -0.2) is 30.7 Å². The highest BCUT2D eigenvalue weighted by Gasteiger charge is 2.28. The molecule has 140 valence electrons. The van der Waals surface area contributed by atoms with Gasteiger partial charge in [0, 0.05) is 18.0 Å². The number of aromatic nitrogens is 2. The van der Waals surface area contributed by atoms with E-state index in [4.69, 9.17) is 0 Å². The van der Waals surface area contributed by atoms with E-state index in [0.29, 0.717) is 29.9 Å². The summed E-state index contributed by atoms with van der Waals surface area (Å²) in [5.74, 6) is 0.365. The Bertz CT molecular complexity index is 1090. The fourth-order valence-corrected chi connectivity index (χ4v) is 4.88. The Morgan fingerprint density at radius 2 is 1.93 bits per heavy atom. The van der Waals surface area contributed by atoms with Crippen molar-refractivity contribution >= 4 is 32.4 Å². The molecule has 0 saturated carbocycles. The lowest BCUT2D eigenvalue weighted by atomic mass is 10.1. The second-order valence-electron chi connectivity index (χ2n) is 6.56. The van der Waals surface area contributed by atoms with Gasteiger partial charge in [-0.2, -0.15) is 0 Å². The molecule has 1 fully saturated rings. The summed E-state index contributed by atoms with van der Waals surface area (Å²) >= 11 is 0. The summed E-state index contributed by atoms with van der Waals surface area (Å²) < 4.78 is 39.4. The van der Waals surface area contributed by atoms with Crippen molar-refractivity contribution < 1.29 is 12.8 Å². The maximum Gasteiger partial charge on any atom is 0.235 e. The minimum absolute atomic E-state index is 0.101. The molecule has 1 aliphatic rings. The predicted octanol–water partition coefficient (Wildman–Crippen LogP) is 3.48. The largest absolute Gasteiger partial charge is 0.363 e. The van der Waals surface area contributed by atoms with E-state index in [1.54, 1.807) is 12.1 Å². The van der Waals surface area contributed by atoms with Crippen LogP contribution in [-0.2, 0) is 10.0 Å². The number of sulfonamides is 1. The maximum absolute atomic E-state index is 13.9. The third kappa shape index (κ3) is 3.32. The fourth-order valence-electron chi connectivity index (χ4n) is 3.31. The molecule has 0 aliphatic carbocycles. The highest BCUT2D eigenvalue weighted by Crippen LogP contribution is 2.28. The summed E-state index contributed by atoms with van der Waals surface area (Å²) in [6.07, 6.45) is 1.99. The number of benzene rings is 2. The number of para-hydroxylation sites is 1. The molecular formula is C19H19FN4O2S. The van der Waals surface area contributed by atoms with Crippen LogP contribution in [0.2, 0.25) is 0 Å². The Morgan fingerprint density at radius 1 is 1.15 bits per heavy atom. The average molecular weight is 386 g/mol. The van der Waals surface area contributed by atoms with Crippen LogP contribution >= 0.6 is 0 Å². The predicted molar refractivity (Wildman–Crippen MR) is 104 cm³/mol. The summed E-state index contributed by atoms with van der Waals surface area (Å²) in [6.45, 7) is 2.49. The molecular weight excluding hydrogens is 367 g/mol. The van der Waals surface area contributed by atoms with E-state index in [2.05, 4.69) is 15.3 Å². The van der Waals surface area contributed by atoms with Crippen molar-refractivity contribution in [3.8, 4) is 0 Å². The number of rotatable bonds is 4. The van der Waals surface area contributed by atoms with Gasteiger partial charge in [-0.3, -0.25) is 4.31 Å². The number of nitrogens with zero attached hydrogens (tertiary/aromatic N) is 3. The average Bonchev–Trinajstić information content (AvgIpc) is 3.02. The van der Waals surface area contributed by atoms with Gasteiger partial charge in [0.25, 0.3) is 0 Å². The first-order valence-electron chi connectivity index (χ1n) is 8.72. The molecule has 2 aromatic carbocycles. The van der Waals surface area contributed by atoms with Gasteiger partial charge in [-0.15, -0.1) is 0 Å². The molecule has 27 heavy (non-hydrogen) atoms. The normalized spacial score (nSPS) is 17.2. The number of fused-ring (bicyclic) bond motifs is 1. The summed E-state index contributed by atoms with van der Waals surface area (Å²) in [5, 5.41) is 3.90. The molecule has 0 amide bonds. The van der Waals surface area contributed by atoms with Crippen molar-refractivity contribution in [3.05, 3.63) is 60.2 Å². The van der Waals surface area contributed by atoms with Gasteiger partial charge in [-0.25, -0.2) is 22.8 Å².